The van der Waals surface area contributed by atoms with E-state index in [0.717, 1.165) is 6.42 Å². The number of fused-ring (bicyclic) bond motifs is 1. The summed E-state index contributed by atoms with van der Waals surface area (Å²) >= 11 is 0. The van der Waals surface area contributed by atoms with Crippen molar-refractivity contribution in [2.24, 2.45) is 0 Å². The van der Waals surface area contributed by atoms with E-state index in [9.17, 15) is 13.9 Å². The first-order valence-corrected chi connectivity index (χ1v) is 6.60. The van der Waals surface area contributed by atoms with Gasteiger partial charge in [-0.15, -0.1) is 0 Å². The molecule has 1 unspecified atom stereocenters. The van der Waals surface area contributed by atoms with E-state index < -0.39 is 12.5 Å². The Morgan fingerprint density at radius 2 is 1.90 bits per heavy atom. The topological polar surface area (TPSA) is 41.9 Å². The highest BCUT2D eigenvalue weighted by Gasteiger charge is 2.17. The number of ether oxygens (including phenoxy) is 2. The Hall–Kier alpha value is -1.40. The molecule has 4 nitrogen and oxygen atoms in total. The van der Waals surface area contributed by atoms with Crippen molar-refractivity contribution in [3.63, 3.8) is 0 Å². The number of rotatable bonds is 5. The van der Waals surface area contributed by atoms with Crippen LogP contribution in [-0.2, 0) is 0 Å². The number of aliphatic hydroxyl groups excluding tert-OH is 1. The van der Waals surface area contributed by atoms with Gasteiger partial charge in [0.2, 0.25) is 0 Å². The molecule has 1 aromatic rings. The molecule has 0 saturated carbocycles. The minimum atomic E-state index is -2.41. The van der Waals surface area contributed by atoms with E-state index in [2.05, 4.69) is 0 Å². The lowest BCUT2D eigenvalue weighted by molar-refractivity contribution is 0.0679. The number of alkyl halides is 2. The van der Waals surface area contributed by atoms with Crippen LogP contribution in [0.2, 0.25) is 0 Å². The van der Waals surface area contributed by atoms with Crippen LogP contribution in [0.5, 0.6) is 11.5 Å². The molecule has 0 bridgehead atoms. The summed E-state index contributed by atoms with van der Waals surface area (Å²) in [6, 6.07) is 5.18. The maximum Gasteiger partial charge on any atom is 0.251 e. The second-order valence-corrected chi connectivity index (χ2v) is 4.88. The summed E-state index contributed by atoms with van der Waals surface area (Å²) in [6.07, 6.45) is -2.43. The van der Waals surface area contributed by atoms with Crippen LogP contribution >= 0.6 is 0 Å². The Bertz CT molecular complexity index is 442. The van der Waals surface area contributed by atoms with E-state index in [-0.39, 0.29) is 13.1 Å². The molecule has 0 fully saturated rings. The third kappa shape index (κ3) is 4.05. The van der Waals surface area contributed by atoms with Gasteiger partial charge in [0.25, 0.3) is 6.43 Å². The molecule has 0 radical (unpaired) electrons. The van der Waals surface area contributed by atoms with Crippen molar-refractivity contribution >= 4 is 0 Å². The Balaban J connectivity index is 2.03. The van der Waals surface area contributed by atoms with E-state index in [0.29, 0.717) is 30.3 Å². The second kappa shape index (κ2) is 6.85. The van der Waals surface area contributed by atoms with Crippen LogP contribution in [0, 0.1) is 0 Å². The van der Waals surface area contributed by atoms with Gasteiger partial charge >= 0.3 is 0 Å². The monoisotopic (exact) mass is 287 g/mol. The molecule has 1 aliphatic rings. The Morgan fingerprint density at radius 1 is 1.20 bits per heavy atom. The maximum atomic E-state index is 12.2. The molecule has 112 valence electrons. The lowest BCUT2D eigenvalue weighted by Gasteiger charge is -2.21. The van der Waals surface area contributed by atoms with Gasteiger partial charge in [-0.1, -0.05) is 6.07 Å². The molecule has 0 saturated heterocycles. The summed E-state index contributed by atoms with van der Waals surface area (Å²) < 4.78 is 35.5. The third-order valence-electron chi connectivity index (χ3n) is 3.09. The first-order valence-electron chi connectivity index (χ1n) is 6.60. The summed E-state index contributed by atoms with van der Waals surface area (Å²) in [5, 5.41) is 10.1. The molecule has 0 amide bonds. The average molecular weight is 287 g/mol. The molecule has 1 heterocycles. The van der Waals surface area contributed by atoms with Gasteiger partial charge < -0.3 is 14.6 Å². The highest BCUT2D eigenvalue weighted by molar-refractivity contribution is 5.44. The van der Waals surface area contributed by atoms with E-state index in [1.807, 2.05) is 0 Å². The van der Waals surface area contributed by atoms with Crippen LogP contribution in [-0.4, -0.2) is 49.8 Å². The molecule has 0 aliphatic carbocycles. The van der Waals surface area contributed by atoms with Gasteiger partial charge in [-0.3, -0.25) is 4.90 Å². The summed E-state index contributed by atoms with van der Waals surface area (Å²) in [7, 11) is 1.55. The Labute approximate surface area is 116 Å². The lowest BCUT2D eigenvalue weighted by Crippen LogP contribution is -2.29. The van der Waals surface area contributed by atoms with Crippen LogP contribution in [0.4, 0.5) is 8.78 Å². The highest BCUT2D eigenvalue weighted by Crippen LogP contribution is 2.32. The summed E-state index contributed by atoms with van der Waals surface area (Å²) in [6.45, 7) is 0.954. The van der Waals surface area contributed by atoms with Crippen molar-refractivity contribution in [3.8, 4) is 11.5 Å². The quantitative estimate of drug-likeness (QED) is 0.900. The fourth-order valence-electron chi connectivity index (χ4n) is 2.10. The lowest BCUT2D eigenvalue weighted by atomic mass is 10.1. The second-order valence-electron chi connectivity index (χ2n) is 4.88. The van der Waals surface area contributed by atoms with Gasteiger partial charge in [0.05, 0.1) is 25.9 Å². The standard InChI is InChI=1S/C14H19F2NO3/c1-17(9-14(15)16)8-11(18)10-3-4-12-13(7-10)20-6-2-5-19-12/h3-4,7,11,14,18H,2,5-6,8-9H2,1H3. The molecule has 6 heteroatoms. The van der Waals surface area contributed by atoms with Gasteiger partial charge in [-0.2, -0.15) is 0 Å². The van der Waals surface area contributed by atoms with Crippen molar-refractivity contribution in [1.82, 2.24) is 4.90 Å². The van der Waals surface area contributed by atoms with Crippen molar-refractivity contribution in [3.05, 3.63) is 23.8 Å². The van der Waals surface area contributed by atoms with E-state index in [1.165, 1.54) is 4.90 Å². The number of benzene rings is 1. The normalized spacial score (nSPS) is 16.3. The summed E-state index contributed by atoms with van der Waals surface area (Å²) in [5.74, 6) is 1.25. The SMILES string of the molecule is CN(CC(F)F)CC(O)c1ccc2c(c1)OCCCO2. The fourth-order valence-corrected chi connectivity index (χ4v) is 2.10. The molecule has 0 aromatic heterocycles. The van der Waals surface area contributed by atoms with Gasteiger partial charge in [0, 0.05) is 13.0 Å². The first-order chi connectivity index (χ1) is 9.56. The van der Waals surface area contributed by atoms with Crippen molar-refractivity contribution < 1.29 is 23.4 Å². The number of halogens is 2. The zero-order chi connectivity index (χ0) is 14.5. The minimum absolute atomic E-state index is 0.143. The number of likely N-dealkylation sites (N-methyl/N-ethyl adjacent to an activating group) is 1. The predicted molar refractivity (Wildman–Crippen MR) is 70.5 cm³/mol. The third-order valence-corrected chi connectivity index (χ3v) is 3.09. The Morgan fingerprint density at radius 3 is 2.60 bits per heavy atom. The smallest absolute Gasteiger partial charge is 0.251 e. The number of hydrogen-bond donors (Lipinski definition) is 1. The fraction of sp³-hybridized carbons (Fsp3) is 0.571. The van der Waals surface area contributed by atoms with Crippen molar-refractivity contribution in [2.45, 2.75) is 19.0 Å². The zero-order valence-corrected chi connectivity index (χ0v) is 11.4. The largest absolute Gasteiger partial charge is 0.490 e. The molecule has 1 N–H and O–H groups in total. The minimum Gasteiger partial charge on any atom is -0.490 e. The first kappa shape index (κ1) is 15.0. The van der Waals surface area contributed by atoms with Gasteiger partial charge in [0.15, 0.2) is 11.5 Å². The number of nitrogens with zero attached hydrogens (tertiary/aromatic N) is 1. The highest BCUT2D eigenvalue weighted by atomic mass is 19.3. The molecular formula is C14H19F2NO3. The molecule has 20 heavy (non-hydrogen) atoms. The zero-order valence-electron chi connectivity index (χ0n) is 11.4. The summed E-state index contributed by atoms with van der Waals surface area (Å²) in [5.41, 5.74) is 0.635. The predicted octanol–water partition coefficient (Wildman–Crippen LogP) is 2.08. The average Bonchev–Trinajstić information content (AvgIpc) is 2.61. The Kier molecular flexibility index (Phi) is 5.14. The molecule has 1 aliphatic heterocycles. The molecule has 2 rings (SSSR count). The van der Waals surface area contributed by atoms with Gasteiger partial charge in [0.1, 0.15) is 0 Å². The van der Waals surface area contributed by atoms with E-state index in [1.54, 1.807) is 25.2 Å². The molecular weight excluding hydrogens is 268 g/mol. The number of aliphatic hydroxyl groups is 1. The van der Waals surface area contributed by atoms with Crippen molar-refractivity contribution in [2.75, 3.05) is 33.4 Å². The van der Waals surface area contributed by atoms with Crippen LogP contribution in [0.3, 0.4) is 0 Å². The van der Waals surface area contributed by atoms with E-state index >= 15 is 0 Å². The van der Waals surface area contributed by atoms with Crippen LogP contribution in [0.1, 0.15) is 18.1 Å². The number of hydrogen-bond acceptors (Lipinski definition) is 4. The molecule has 0 spiro atoms. The van der Waals surface area contributed by atoms with Crippen LogP contribution in [0.25, 0.3) is 0 Å². The summed E-state index contributed by atoms with van der Waals surface area (Å²) in [4.78, 5) is 1.40. The molecule has 1 aromatic carbocycles. The van der Waals surface area contributed by atoms with Gasteiger partial charge in [-0.05, 0) is 24.7 Å². The molecule has 1 atom stereocenters. The van der Waals surface area contributed by atoms with Crippen LogP contribution in [0.15, 0.2) is 18.2 Å². The van der Waals surface area contributed by atoms with E-state index in [4.69, 9.17) is 9.47 Å². The maximum absolute atomic E-state index is 12.2. The van der Waals surface area contributed by atoms with Crippen molar-refractivity contribution in [1.29, 1.82) is 0 Å². The van der Waals surface area contributed by atoms with Gasteiger partial charge in [-0.25, -0.2) is 8.78 Å². The van der Waals surface area contributed by atoms with Crippen LogP contribution < -0.4 is 9.47 Å².